The van der Waals surface area contributed by atoms with Crippen molar-refractivity contribution in [1.29, 1.82) is 0 Å². The Hall–Kier alpha value is -2.47. The first-order valence-electron chi connectivity index (χ1n) is 7.37. The van der Waals surface area contributed by atoms with Crippen LogP contribution in [0.4, 0.5) is 10.5 Å². The Bertz CT molecular complexity index is 677. The molecule has 1 fully saturated rings. The van der Waals surface area contributed by atoms with Crippen molar-refractivity contribution in [3.8, 4) is 0 Å². The molecule has 0 bridgehead atoms. The fourth-order valence-corrected chi connectivity index (χ4v) is 2.61. The highest BCUT2D eigenvalue weighted by molar-refractivity contribution is 6.30. The summed E-state index contributed by atoms with van der Waals surface area (Å²) in [5.74, 6) is -0.0102. The molecule has 3 rings (SSSR count). The molecular formula is C16H17ClN4O2. The van der Waals surface area contributed by atoms with Crippen LogP contribution in [0.2, 0.25) is 5.02 Å². The number of amides is 3. The maximum absolute atomic E-state index is 12.2. The standard InChI is InChI=1S/C16H17ClN4O2/c17-13-1-3-14(4-2-13)19-16(23)21-9-7-20(8-10-21)15(22)12-5-6-18-11-12/h1-6,11,18H,7-10H2,(H,19,23). The van der Waals surface area contributed by atoms with Crippen molar-refractivity contribution in [3.05, 3.63) is 53.3 Å². The van der Waals surface area contributed by atoms with E-state index in [-0.39, 0.29) is 11.9 Å². The maximum atomic E-state index is 12.2. The van der Waals surface area contributed by atoms with Crippen LogP contribution in [0.3, 0.4) is 0 Å². The number of halogens is 1. The van der Waals surface area contributed by atoms with Crippen molar-refractivity contribution < 1.29 is 9.59 Å². The van der Waals surface area contributed by atoms with Crippen molar-refractivity contribution in [3.63, 3.8) is 0 Å². The summed E-state index contributed by atoms with van der Waals surface area (Å²) in [4.78, 5) is 30.8. The van der Waals surface area contributed by atoms with E-state index in [1.807, 2.05) is 0 Å². The van der Waals surface area contributed by atoms with Gasteiger partial charge in [0, 0.05) is 49.3 Å². The molecule has 3 amide bonds. The number of hydrogen-bond donors (Lipinski definition) is 2. The lowest BCUT2D eigenvalue weighted by atomic mass is 10.2. The zero-order valence-corrected chi connectivity index (χ0v) is 13.2. The number of aromatic amines is 1. The molecule has 2 heterocycles. The third-order valence-corrected chi connectivity index (χ3v) is 4.05. The van der Waals surface area contributed by atoms with Crippen molar-refractivity contribution in [2.24, 2.45) is 0 Å². The Balaban J connectivity index is 1.53. The molecule has 0 saturated carbocycles. The molecule has 0 radical (unpaired) electrons. The molecule has 6 nitrogen and oxygen atoms in total. The molecule has 7 heteroatoms. The van der Waals surface area contributed by atoms with E-state index in [4.69, 9.17) is 11.6 Å². The van der Waals surface area contributed by atoms with E-state index in [9.17, 15) is 9.59 Å². The SMILES string of the molecule is O=C(Nc1ccc(Cl)cc1)N1CCN(C(=O)c2cc[nH]c2)CC1. The summed E-state index contributed by atoms with van der Waals surface area (Å²) >= 11 is 5.82. The topological polar surface area (TPSA) is 68.4 Å². The second-order valence-corrected chi connectivity index (χ2v) is 5.75. The molecule has 2 aromatic rings. The van der Waals surface area contributed by atoms with Crippen LogP contribution >= 0.6 is 11.6 Å². The first-order valence-corrected chi connectivity index (χ1v) is 7.75. The smallest absolute Gasteiger partial charge is 0.321 e. The Labute approximate surface area is 139 Å². The monoisotopic (exact) mass is 332 g/mol. The summed E-state index contributed by atoms with van der Waals surface area (Å²) in [5, 5.41) is 3.46. The maximum Gasteiger partial charge on any atom is 0.321 e. The number of carbonyl (C=O) groups is 2. The van der Waals surface area contributed by atoms with Gasteiger partial charge in [-0.2, -0.15) is 0 Å². The third-order valence-electron chi connectivity index (χ3n) is 3.79. The van der Waals surface area contributed by atoms with Gasteiger partial charge in [0.2, 0.25) is 0 Å². The molecule has 0 spiro atoms. The number of aromatic nitrogens is 1. The number of rotatable bonds is 2. The summed E-state index contributed by atoms with van der Waals surface area (Å²) in [6.07, 6.45) is 3.41. The summed E-state index contributed by atoms with van der Waals surface area (Å²) in [7, 11) is 0. The van der Waals surface area contributed by atoms with Gasteiger partial charge in [-0.25, -0.2) is 4.79 Å². The average molecular weight is 333 g/mol. The van der Waals surface area contributed by atoms with Crippen molar-refractivity contribution in [1.82, 2.24) is 14.8 Å². The largest absolute Gasteiger partial charge is 0.367 e. The number of anilines is 1. The summed E-state index contributed by atoms with van der Waals surface area (Å²) < 4.78 is 0. The van der Waals surface area contributed by atoms with Crippen LogP contribution in [0, 0.1) is 0 Å². The van der Waals surface area contributed by atoms with Gasteiger partial charge in [-0.15, -0.1) is 0 Å². The van der Waals surface area contributed by atoms with E-state index in [1.54, 1.807) is 52.5 Å². The molecule has 1 aliphatic heterocycles. The van der Waals surface area contributed by atoms with Gasteiger partial charge in [0.05, 0.1) is 5.56 Å². The van der Waals surface area contributed by atoms with E-state index in [0.717, 1.165) is 0 Å². The molecular weight excluding hydrogens is 316 g/mol. The Morgan fingerprint density at radius 3 is 2.26 bits per heavy atom. The number of hydrogen-bond acceptors (Lipinski definition) is 2. The van der Waals surface area contributed by atoms with Crippen LogP contribution in [-0.4, -0.2) is 52.9 Å². The normalized spacial score (nSPS) is 14.7. The van der Waals surface area contributed by atoms with Gasteiger partial charge >= 0.3 is 6.03 Å². The Morgan fingerprint density at radius 2 is 1.65 bits per heavy atom. The summed E-state index contributed by atoms with van der Waals surface area (Å²) in [6, 6.07) is 8.55. The molecule has 0 unspecified atom stereocenters. The molecule has 1 aromatic carbocycles. The van der Waals surface area contributed by atoms with Gasteiger partial charge in [0.1, 0.15) is 0 Å². The van der Waals surface area contributed by atoms with Crippen LogP contribution in [0.1, 0.15) is 10.4 Å². The first-order chi connectivity index (χ1) is 11.1. The number of urea groups is 1. The molecule has 1 aliphatic rings. The number of H-pyrrole nitrogens is 1. The third kappa shape index (κ3) is 3.65. The number of piperazine rings is 1. The van der Waals surface area contributed by atoms with E-state index in [2.05, 4.69) is 10.3 Å². The average Bonchev–Trinajstić information content (AvgIpc) is 3.11. The summed E-state index contributed by atoms with van der Waals surface area (Å²) in [5.41, 5.74) is 1.34. The van der Waals surface area contributed by atoms with Crippen LogP contribution < -0.4 is 5.32 Å². The quantitative estimate of drug-likeness (QED) is 0.887. The highest BCUT2D eigenvalue weighted by Gasteiger charge is 2.25. The summed E-state index contributed by atoms with van der Waals surface area (Å²) in [6.45, 7) is 2.07. The van der Waals surface area contributed by atoms with E-state index < -0.39 is 0 Å². The van der Waals surface area contributed by atoms with Crippen LogP contribution in [-0.2, 0) is 0 Å². The molecule has 120 valence electrons. The van der Waals surface area contributed by atoms with Gasteiger partial charge in [0.25, 0.3) is 5.91 Å². The second kappa shape index (κ2) is 6.75. The molecule has 0 atom stereocenters. The predicted octanol–water partition coefficient (Wildman–Crippen LogP) is 2.66. The number of nitrogens with zero attached hydrogens (tertiary/aromatic N) is 2. The van der Waals surface area contributed by atoms with Crippen molar-refractivity contribution >= 4 is 29.2 Å². The molecule has 2 N–H and O–H groups in total. The predicted molar refractivity (Wildman–Crippen MR) is 88.7 cm³/mol. The minimum Gasteiger partial charge on any atom is -0.367 e. The fraction of sp³-hybridized carbons (Fsp3) is 0.250. The Morgan fingerprint density at radius 1 is 1.00 bits per heavy atom. The highest BCUT2D eigenvalue weighted by Crippen LogP contribution is 2.15. The lowest BCUT2D eigenvalue weighted by molar-refractivity contribution is 0.0672. The van der Waals surface area contributed by atoms with E-state index >= 15 is 0 Å². The van der Waals surface area contributed by atoms with Gasteiger partial charge in [-0.3, -0.25) is 4.79 Å². The molecule has 1 aromatic heterocycles. The zero-order chi connectivity index (χ0) is 16.2. The number of carbonyl (C=O) groups excluding carboxylic acids is 2. The van der Waals surface area contributed by atoms with Crippen molar-refractivity contribution in [2.75, 3.05) is 31.5 Å². The number of nitrogens with one attached hydrogen (secondary N) is 2. The minimum atomic E-state index is -0.166. The van der Waals surface area contributed by atoms with Crippen LogP contribution in [0.5, 0.6) is 0 Å². The fourth-order valence-electron chi connectivity index (χ4n) is 2.49. The van der Waals surface area contributed by atoms with Gasteiger partial charge < -0.3 is 20.1 Å². The highest BCUT2D eigenvalue weighted by atomic mass is 35.5. The molecule has 23 heavy (non-hydrogen) atoms. The van der Waals surface area contributed by atoms with Crippen LogP contribution in [0.15, 0.2) is 42.7 Å². The molecule has 1 saturated heterocycles. The van der Waals surface area contributed by atoms with Crippen LogP contribution in [0.25, 0.3) is 0 Å². The van der Waals surface area contributed by atoms with Gasteiger partial charge in [-0.05, 0) is 30.3 Å². The first kappa shape index (κ1) is 15.4. The lowest BCUT2D eigenvalue weighted by Crippen LogP contribution is -2.51. The molecule has 0 aliphatic carbocycles. The lowest BCUT2D eigenvalue weighted by Gasteiger charge is -2.34. The van der Waals surface area contributed by atoms with Crippen molar-refractivity contribution in [2.45, 2.75) is 0 Å². The number of benzene rings is 1. The Kier molecular flexibility index (Phi) is 4.52. The second-order valence-electron chi connectivity index (χ2n) is 5.32. The zero-order valence-electron chi connectivity index (χ0n) is 12.5. The van der Waals surface area contributed by atoms with E-state index in [1.165, 1.54) is 0 Å². The van der Waals surface area contributed by atoms with Gasteiger partial charge in [0.15, 0.2) is 0 Å². The van der Waals surface area contributed by atoms with E-state index in [0.29, 0.717) is 42.5 Å². The van der Waals surface area contributed by atoms with Gasteiger partial charge in [-0.1, -0.05) is 11.6 Å². The minimum absolute atomic E-state index is 0.0102.